The van der Waals surface area contributed by atoms with E-state index < -0.39 is 0 Å². The van der Waals surface area contributed by atoms with Gasteiger partial charge in [-0.15, -0.1) is 0 Å². The van der Waals surface area contributed by atoms with Crippen LogP contribution in [0.2, 0.25) is 5.02 Å². The Hall–Kier alpha value is -2.40. The Morgan fingerprint density at radius 1 is 0.960 bits per heavy atom. The number of amides is 1. The van der Waals surface area contributed by atoms with Crippen molar-refractivity contribution in [3.05, 3.63) is 53.1 Å². The van der Waals surface area contributed by atoms with Crippen LogP contribution in [0.25, 0.3) is 0 Å². The van der Waals surface area contributed by atoms with Crippen molar-refractivity contribution in [1.29, 1.82) is 0 Å². The summed E-state index contributed by atoms with van der Waals surface area (Å²) in [5, 5.41) is 0.449. The molecule has 0 aromatic heterocycles. The normalized spacial score (nSPS) is 14.4. The molecule has 5 nitrogen and oxygen atoms in total. The van der Waals surface area contributed by atoms with Crippen LogP contribution < -0.4 is 14.4 Å². The zero-order valence-electron chi connectivity index (χ0n) is 14.4. The fourth-order valence-electron chi connectivity index (χ4n) is 2.94. The van der Waals surface area contributed by atoms with Gasteiger partial charge in [0, 0.05) is 37.4 Å². The molecule has 6 heteroatoms. The molecule has 0 radical (unpaired) electrons. The molecule has 0 aliphatic carbocycles. The largest absolute Gasteiger partial charge is 0.497 e. The number of nitrogens with zero attached hydrogens (tertiary/aromatic N) is 2. The average Bonchev–Trinajstić information content (AvgIpc) is 2.67. The summed E-state index contributed by atoms with van der Waals surface area (Å²) in [5.41, 5.74) is 1.73. The SMILES string of the molecule is COc1ccc(N2CCN(C(=O)c3ccc(OC)c(Cl)c3)CC2)cc1. The monoisotopic (exact) mass is 360 g/mol. The zero-order chi connectivity index (χ0) is 17.8. The molecule has 2 aromatic carbocycles. The van der Waals surface area contributed by atoms with Crippen molar-refractivity contribution < 1.29 is 14.3 Å². The highest BCUT2D eigenvalue weighted by Gasteiger charge is 2.23. The second-order valence-corrected chi connectivity index (χ2v) is 6.23. The van der Waals surface area contributed by atoms with Crippen molar-refractivity contribution >= 4 is 23.2 Å². The molecule has 1 fully saturated rings. The number of halogens is 1. The van der Waals surface area contributed by atoms with Crippen LogP contribution >= 0.6 is 11.6 Å². The molecule has 3 rings (SSSR count). The van der Waals surface area contributed by atoms with Gasteiger partial charge in [0.2, 0.25) is 0 Å². The fourth-order valence-corrected chi connectivity index (χ4v) is 3.20. The van der Waals surface area contributed by atoms with Gasteiger partial charge in [-0.2, -0.15) is 0 Å². The van der Waals surface area contributed by atoms with Crippen LogP contribution in [0.4, 0.5) is 5.69 Å². The summed E-state index contributed by atoms with van der Waals surface area (Å²) in [7, 11) is 3.21. The summed E-state index contributed by atoms with van der Waals surface area (Å²) in [6, 6.07) is 13.1. The van der Waals surface area contributed by atoms with E-state index in [9.17, 15) is 4.79 Å². The van der Waals surface area contributed by atoms with E-state index >= 15 is 0 Å². The number of carbonyl (C=O) groups is 1. The summed E-state index contributed by atoms with van der Waals surface area (Å²) >= 11 is 6.13. The first-order valence-corrected chi connectivity index (χ1v) is 8.52. The smallest absolute Gasteiger partial charge is 0.254 e. The Morgan fingerprint density at radius 2 is 1.64 bits per heavy atom. The molecule has 0 N–H and O–H groups in total. The fraction of sp³-hybridized carbons (Fsp3) is 0.316. The Balaban J connectivity index is 1.63. The molecule has 0 unspecified atom stereocenters. The molecule has 1 amide bonds. The van der Waals surface area contributed by atoms with Gasteiger partial charge in [-0.1, -0.05) is 11.6 Å². The van der Waals surface area contributed by atoms with E-state index in [1.165, 1.54) is 0 Å². The third kappa shape index (κ3) is 3.82. The van der Waals surface area contributed by atoms with E-state index in [0.717, 1.165) is 24.5 Å². The van der Waals surface area contributed by atoms with E-state index in [0.29, 0.717) is 29.4 Å². The molecular formula is C19H21ClN2O3. The quantitative estimate of drug-likeness (QED) is 0.838. The van der Waals surface area contributed by atoms with Crippen LogP contribution in [0.15, 0.2) is 42.5 Å². The Bertz CT molecular complexity index is 741. The molecule has 1 heterocycles. The lowest BCUT2D eigenvalue weighted by Crippen LogP contribution is -2.48. The number of hydrogen-bond acceptors (Lipinski definition) is 4. The second kappa shape index (κ2) is 7.66. The summed E-state index contributed by atoms with van der Waals surface area (Å²) < 4.78 is 10.3. The van der Waals surface area contributed by atoms with Crippen molar-refractivity contribution in [3.63, 3.8) is 0 Å². The maximum atomic E-state index is 12.7. The maximum absolute atomic E-state index is 12.7. The Labute approximate surface area is 152 Å². The lowest BCUT2D eigenvalue weighted by molar-refractivity contribution is 0.0747. The molecule has 0 saturated carbocycles. The van der Waals surface area contributed by atoms with Crippen LogP contribution in [0.5, 0.6) is 11.5 Å². The van der Waals surface area contributed by atoms with Gasteiger partial charge in [-0.25, -0.2) is 0 Å². The Morgan fingerprint density at radius 3 is 2.20 bits per heavy atom. The minimum absolute atomic E-state index is 0.000987. The Kier molecular flexibility index (Phi) is 5.34. The number of ether oxygens (including phenoxy) is 2. The predicted octanol–water partition coefficient (Wildman–Crippen LogP) is 3.32. The van der Waals surface area contributed by atoms with Gasteiger partial charge < -0.3 is 19.3 Å². The summed E-state index contributed by atoms with van der Waals surface area (Å²) in [5.74, 6) is 1.41. The van der Waals surface area contributed by atoms with Gasteiger partial charge >= 0.3 is 0 Å². The van der Waals surface area contributed by atoms with Gasteiger partial charge in [0.1, 0.15) is 11.5 Å². The lowest BCUT2D eigenvalue weighted by atomic mass is 10.1. The van der Waals surface area contributed by atoms with Gasteiger partial charge in [-0.05, 0) is 42.5 Å². The summed E-state index contributed by atoms with van der Waals surface area (Å²) in [6.07, 6.45) is 0. The number of benzene rings is 2. The van der Waals surface area contributed by atoms with Gasteiger partial charge in [0.05, 0.1) is 19.2 Å². The molecule has 132 valence electrons. The first kappa shape index (κ1) is 17.4. The van der Waals surface area contributed by atoms with E-state index in [-0.39, 0.29) is 5.91 Å². The van der Waals surface area contributed by atoms with Crippen molar-refractivity contribution in [2.45, 2.75) is 0 Å². The number of hydrogen-bond donors (Lipinski definition) is 0. The second-order valence-electron chi connectivity index (χ2n) is 5.83. The standard InChI is InChI=1S/C19H21ClN2O3/c1-24-16-6-4-15(5-7-16)21-9-11-22(12-10-21)19(23)14-3-8-18(25-2)17(20)13-14/h3-8,13H,9-12H2,1-2H3. The van der Waals surface area contributed by atoms with Gasteiger partial charge in [0.25, 0.3) is 5.91 Å². The molecule has 0 bridgehead atoms. The van der Waals surface area contributed by atoms with Gasteiger partial charge in [-0.3, -0.25) is 4.79 Å². The molecular weight excluding hydrogens is 340 g/mol. The highest BCUT2D eigenvalue weighted by molar-refractivity contribution is 6.32. The average molecular weight is 361 g/mol. The zero-order valence-corrected chi connectivity index (χ0v) is 15.1. The van der Waals surface area contributed by atoms with Gasteiger partial charge in [0.15, 0.2) is 0 Å². The molecule has 0 atom stereocenters. The first-order valence-electron chi connectivity index (χ1n) is 8.14. The minimum Gasteiger partial charge on any atom is -0.497 e. The molecule has 2 aromatic rings. The topological polar surface area (TPSA) is 42.0 Å². The minimum atomic E-state index is -0.000987. The first-order chi connectivity index (χ1) is 12.1. The molecule has 25 heavy (non-hydrogen) atoms. The van der Waals surface area contributed by atoms with Crippen molar-refractivity contribution in [1.82, 2.24) is 4.90 Å². The predicted molar refractivity (Wildman–Crippen MR) is 99.1 cm³/mol. The van der Waals surface area contributed by atoms with Crippen LogP contribution in [-0.2, 0) is 0 Å². The van der Waals surface area contributed by atoms with Crippen molar-refractivity contribution in [2.75, 3.05) is 45.3 Å². The van der Waals surface area contributed by atoms with E-state index in [1.807, 2.05) is 29.2 Å². The molecule has 1 saturated heterocycles. The summed E-state index contributed by atoms with van der Waals surface area (Å²) in [6.45, 7) is 2.94. The lowest BCUT2D eigenvalue weighted by Gasteiger charge is -2.36. The highest BCUT2D eigenvalue weighted by Crippen LogP contribution is 2.26. The molecule has 0 spiro atoms. The summed E-state index contributed by atoms with van der Waals surface area (Å²) in [4.78, 5) is 16.8. The van der Waals surface area contributed by atoms with Crippen LogP contribution in [0, 0.1) is 0 Å². The van der Waals surface area contributed by atoms with Crippen molar-refractivity contribution in [3.8, 4) is 11.5 Å². The number of rotatable bonds is 4. The van der Waals surface area contributed by atoms with Crippen LogP contribution in [0.1, 0.15) is 10.4 Å². The van der Waals surface area contributed by atoms with E-state index in [2.05, 4.69) is 4.90 Å². The van der Waals surface area contributed by atoms with Crippen LogP contribution in [0.3, 0.4) is 0 Å². The number of carbonyl (C=O) groups excluding carboxylic acids is 1. The van der Waals surface area contributed by atoms with E-state index in [1.54, 1.807) is 32.4 Å². The van der Waals surface area contributed by atoms with Crippen LogP contribution in [-0.4, -0.2) is 51.2 Å². The van der Waals surface area contributed by atoms with Crippen molar-refractivity contribution in [2.24, 2.45) is 0 Å². The third-order valence-corrected chi connectivity index (χ3v) is 4.70. The number of anilines is 1. The molecule has 1 aliphatic rings. The maximum Gasteiger partial charge on any atom is 0.254 e. The highest BCUT2D eigenvalue weighted by atomic mass is 35.5. The number of piperazine rings is 1. The van der Waals surface area contributed by atoms with E-state index in [4.69, 9.17) is 21.1 Å². The molecule has 1 aliphatic heterocycles. The third-order valence-electron chi connectivity index (χ3n) is 4.40. The number of methoxy groups -OCH3 is 2.